The first-order valence-corrected chi connectivity index (χ1v) is 7.32. The van der Waals surface area contributed by atoms with Crippen LogP contribution in [-0.2, 0) is 4.79 Å². The van der Waals surface area contributed by atoms with Gasteiger partial charge in [-0.25, -0.2) is 0 Å². The van der Waals surface area contributed by atoms with E-state index in [4.69, 9.17) is 4.74 Å². The molecule has 1 N–H and O–H groups in total. The summed E-state index contributed by atoms with van der Waals surface area (Å²) in [5, 5.41) is 9.45. The van der Waals surface area contributed by atoms with Gasteiger partial charge < -0.3 is 14.7 Å². The van der Waals surface area contributed by atoms with Crippen molar-refractivity contribution < 1.29 is 14.6 Å². The Balaban J connectivity index is 1.68. The van der Waals surface area contributed by atoms with Crippen LogP contribution in [0.4, 0.5) is 0 Å². The maximum absolute atomic E-state index is 11.5. The molecule has 3 rings (SSSR count). The van der Waals surface area contributed by atoms with Gasteiger partial charge >= 0.3 is 5.97 Å². The predicted octanol–water partition coefficient (Wildman–Crippen LogP) is 2.35. The highest BCUT2D eigenvalue weighted by molar-refractivity contribution is 5.75. The number of aliphatic carboxylic acids is 1. The Morgan fingerprint density at radius 3 is 3.00 bits per heavy atom. The van der Waals surface area contributed by atoms with Gasteiger partial charge in [0.25, 0.3) is 0 Å². The molecule has 0 saturated carbocycles. The van der Waals surface area contributed by atoms with Crippen molar-refractivity contribution in [3.63, 3.8) is 0 Å². The van der Waals surface area contributed by atoms with Gasteiger partial charge in [0.1, 0.15) is 5.75 Å². The number of ether oxygens (including phenoxy) is 1. The third kappa shape index (κ3) is 2.18. The van der Waals surface area contributed by atoms with E-state index >= 15 is 0 Å². The summed E-state index contributed by atoms with van der Waals surface area (Å²) in [6.45, 7) is 5.12. The van der Waals surface area contributed by atoms with Crippen molar-refractivity contribution in [1.29, 1.82) is 0 Å². The second kappa shape index (κ2) is 5.09. The number of benzene rings is 1. The predicted molar refractivity (Wildman–Crippen MR) is 76.1 cm³/mol. The first kappa shape index (κ1) is 13.4. The highest BCUT2D eigenvalue weighted by Gasteiger charge is 2.44. The Hall–Kier alpha value is -1.55. The van der Waals surface area contributed by atoms with E-state index in [1.54, 1.807) is 0 Å². The van der Waals surface area contributed by atoms with Gasteiger partial charge in [0.05, 0.1) is 12.0 Å². The number of rotatable bonds is 4. The van der Waals surface area contributed by atoms with E-state index in [0.717, 1.165) is 25.3 Å². The summed E-state index contributed by atoms with van der Waals surface area (Å²) in [6, 6.07) is 8.15. The Bertz CT molecular complexity index is 516. The van der Waals surface area contributed by atoms with Crippen molar-refractivity contribution in [3.8, 4) is 5.75 Å². The summed E-state index contributed by atoms with van der Waals surface area (Å²) in [6.07, 6.45) is 1.46. The molecule has 2 aliphatic heterocycles. The second-order valence-electron chi connectivity index (χ2n) is 5.97. The largest absolute Gasteiger partial charge is 0.493 e. The molecule has 1 saturated heterocycles. The summed E-state index contributed by atoms with van der Waals surface area (Å²) in [7, 11) is 0. The lowest BCUT2D eigenvalue weighted by molar-refractivity contribution is -0.148. The van der Waals surface area contributed by atoms with Gasteiger partial charge in [0, 0.05) is 24.6 Å². The lowest BCUT2D eigenvalue weighted by Gasteiger charge is -2.24. The van der Waals surface area contributed by atoms with Crippen molar-refractivity contribution >= 4 is 5.97 Å². The molecule has 4 nitrogen and oxygen atoms in total. The molecule has 20 heavy (non-hydrogen) atoms. The van der Waals surface area contributed by atoms with Crippen LogP contribution in [0.2, 0.25) is 0 Å². The van der Waals surface area contributed by atoms with Crippen LogP contribution in [0.1, 0.15) is 31.2 Å². The average molecular weight is 275 g/mol. The fraction of sp³-hybridized carbons (Fsp3) is 0.562. The fourth-order valence-electron chi connectivity index (χ4n) is 3.42. The number of hydrogen-bond donors (Lipinski definition) is 1. The van der Waals surface area contributed by atoms with E-state index in [0.29, 0.717) is 25.5 Å². The molecule has 2 unspecified atom stereocenters. The fourth-order valence-corrected chi connectivity index (χ4v) is 3.42. The lowest BCUT2D eigenvalue weighted by atomic mass is 9.84. The zero-order valence-electron chi connectivity index (χ0n) is 11.8. The summed E-state index contributed by atoms with van der Waals surface area (Å²) in [5.41, 5.74) is 0.718. The topological polar surface area (TPSA) is 49.8 Å². The second-order valence-corrected chi connectivity index (χ2v) is 5.97. The molecule has 0 amide bonds. The van der Waals surface area contributed by atoms with Crippen molar-refractivity contribution in [2.75, 3.05) is 26.2 Å². The number of fused-ring (bicyclic) bond motifs is 1. The molecule has 2 heterocycles. The molecule has 0 aromatic heterocycles. The average Bonchev–Trinajstić information content (AvgIpc) is 3.05. The molecule has 0 bridgehead atoms. The van der Waals surface area contributed by atoms with E-state index in [9.17, 15) is 9.90 Å². The number of likely N-dealkylation sites (tertiary alicyclic amines) is 1. The zero-order chi connectivity index (χ0) is 14.2. The molecule has 0 aliphatic carbocycles. The van der Waals surface area contributed by atoms with Gasteiger partial charge in [-0.3, -0.25) is 4.79 Å². The Kier molecular flexibility index (Phi) is 3.42. The van der Waals surface area contributed by atoms with Crippen LogP contribution in [-0.4, -0.2) is 42.2 Å². The summed E-state index contributed by atoms with van der Waals surface area (Å²) >= 11 is 0. The van der Waals surface area contributed by atoms with Crippen molar-refractivity contribution in [2.45, 2.75) is 25.7 Å². The van der Waals surface area contributed by atoms with Crippen LogP contribution >= 0.6 is 0 Å². The van der Waals surface area contributed by atoms with E-state index in [2.05, 4.69) is 11.0 Å². The minimum atomic E-state index is -0.648. The summed E-state index contributed by atoms with van der Waals surface area (Å²) < 4.78 is 5.70. The molecule has 108 valence electrons. The van der Waals surface area contributed by atoms with Crippen molar-refractivity contribution in [1.82, 2.24) is 4.90 Å². The number of carboxylic acid groups (broad SMARTS) is 1. The standard InChI is InChI=1S/C16H21NO3/c1-2-16(15(18)19)7-8-17(11-16)9-12-10-20-14-6-4-3-5-13(12)14/h3-6,12H,2,7-11H2,1H3,(H,18,19). The number of nitrogens with zero attached hydrogens (tertiary/aromatic N) is 1. The minimum Gasteiger partial charge on any atom is -0.493 e. The van der Waals surface area contributed by atoms with Crippen LogP contribution in [0, 0.1) is 5.41 Å². The van der Waals surface area contributed by atoms with Gasteiger partial charge in [-0.2, -0.15) is 0 Å². The first-order valence-electron chi connectivity index (χ1n) is 7.32. The van der Waals surface area contributed by atoms with Crippen LogP contribution in [0.5, 0.6) is 5.75 Å². The SMILES string of the molecule is CCC1(C(=O)O)CCN(CC2COc3ccccc32)C1. The maximum atomic E-state index is 11.5. The maximum Gasteiger partial charge on any atom is 0.310 e. The van der Waals surface area contributed by atoms with Crippen molar-refractivity contribution in [2.24, 2.45) is 5.41 Å². The van der Waals surface area contributed by atoms with Gasteiger partial charge in [0.15, 0.2) is 0 Å². The Morgan fingerprint density at radius 2 is 2.30 bits per heavy atom. The van der Waals surface area contributed by atoms with Gasteiger partial charge in [-0.05, 0) is 25.5 Å². The molecule has 1 aromatic carbocycles. The highest BCUT2D eigenvalue weighted by Crippen LogP contribution is 2.38. The summed E-state index contributed by atoms with van der Waals surface area (Å²) in [4.78, 5) is 13.8. The van der Waals surface area contributed by atoms with Crippen LogP contribution in [0.3, 0.4) is 0 Å². The Labute approximate surface area is 119 Å². The third-order valence-electron chi connectivity index (χ3n) is 4.84. The van der Waals surface area contributed by atoms with Gasteiger partial charge in [0.2, 0.25) is 0 Å². The monoisotopic (exact) mass is 275 g/mol. The zero-order valence-corrected chi connectivity index (χ0v) is 11.8. The number of para-hydroxylation sites is 1. The molecule has 0 spiro atoms. The van der Waals surface area contributed by atoms with E-state index in [1.807, 2.05) is 25.1 Å². The molecule has 1 aromatic rings. The number of hydrogen-bond acceptors (Lipinski definition) is 3. The molecular weight excluding hydrogens is 254 g/mol. The number of carbonyl (C=O) groups is 1. The van der Waals surface area contributed by atoms with Crippen LogP contribution in [0.15, 0.2) is 24.3 Å². The molecule has 0 radical (unpaired) electrons. The smallest absolute Gasteiger partial charge is 0.310 e. The minimum absolute atomic E-state index is 0.368. The quantitative estimate of drug-likeness (QED) is 0.916. The Morgan fingerprint density at radius 1 is 1.50 bits per heavy atom. The molecule has 1 fully saturated rings. The van der Waals surface area contributed by atoms with Crippen molar-refractivity contribution in [3.05, 3.63) is 29.8 Å². The van der Waals surface area contributed by atoms with Crippen LogP contribution < -0.4 is 4.74 Å². The molecular formula is C16H21NO3. The van der Waals surface area contributed by atoms with E-state index < -0.39 is 11.4 Å². The normalized spacial score (nSPS) is 29.1. The molecule has 4 heteroatoms. The summed E-state index contributed by atoms with van der Waals surface area (Å²) in [5.74, 6) is 0.704. The third-order valence-corrected chi connectivity index (χ3v) is 4.84. The van der Waals surface area contributed by atoms with Crippen LogP contribution in [0.25, 0.3) is 0 Å². The lowest BCUT2D eigenvalue weighted by Crippen LogP contribution is -2.35. The molecule has 2 aliphatic rings. The van der Waals surface area contributed by atoms with Gasteiger partial charge in [-0.1, -0.05) is 25.1 Å². The number of carboxylic acids is 1. The van der Waals surface area contributed by atoms with E-state index in [1.165, 1.54) is 5.56 Å². The first-order chi connectivity index (χ1) is 9.64. The van der Waals surface area contributed by atoms with Gasteiger partial charge in [-0.15, -0.1) is 0 Å². The van der Waals surface area contributed by atoms with E-state index in [-0.39, 0.29) is 0 Å². The highest BCUT2D eigenvalue weighted by atomic mass is 16.5. The molecule has 2 atom stereocenters.